The molecule has 0 radical (unpaired) electrons. The van der Waals surface area contributed by atoms with Crippen LogP contribution in [-0.4, -0.2) is 21.5 Å². The van der Waals surface area contributed by atoms with Gasteiger partial charge in [0.15, 0.2) is 0 Å². The summed E-state index contributed by atoms with van der Waals surface area (Å²) < 4.78 is 0. The highest BCUT2D eigenvalue weighted by atomic mass is 15.0. The van der Waals surface area contributed by atoms with Gasteiger partial charge in [-0.15, -0.1) is 0 Å². The van der Waals surface area contributed by atoms with E-state index in [2.05, 4.69) is 47.1 Å². The van der Waals surface area contributed by atoms with E-state index >= 15 is 0 Å². The van der Waals surface area contributed by atoms with Crippen LogP contribution >= 0.6 is 0 Å². The zero-order chi connectivity index (χ0) is 13.0. The molecule has 2 aromatic heterocycles. The topological polar surface area (TPSA) is 53.6 Å². The quantitative estimate of drug-likeness (QED) is 0.869. The van der Waals surface area contributed by atoms with E-state index in [-0.39, 0.29) is 5.41 Å². The van der Waals surface area contributed by atoms with Crippen LogP contribution in [0, 0.1) is 0 Å². The minimum atomic E-state index is 0.152. The molecule has 0 aliphatic rings. The van der Waals surface area contributed by atoms with E-state index in [0.717, 1.165) is 24.6 Å². The van der Waals surface area contributed by atoms with Crippen LogP contribution in [0.25, 0.3) is 0 Å². The Balaban J connectivity index is 1.87. The smallest absolute Gasteiger partial charge is 0.125 e. The van der Waals surface area contributed by atoms with E-state index < -0.39 is 0 Å². The average molecular weight is 244 g/mol. The molecule has 0 spiro atoms. The average Bonchev–Trinajstić information content (AvgIpc) is 2.82. The van der Waals surface area contributed by atoms with Crippen molar-refractivity contribution in [3.05, 3.63) is 42.1 Å². The molecule has 0 bridgehead atoms. The van der Waals surface area contributed by atoms with Gasteiger partial charge in [0.1, 0.15) is 11.6 Å². The molecule has 0 aromatic carbocycles. The molecule has 0 fully saturated rings. The Labute approximate surface area is 108 Å². The minimum absolute atomic E-state index is 0.152. The van der Waals surface area contributed by atoms with Crippen molar-refractivity contribution >= 4 is 5.82 Å². The van der Waals surface area contributed by atoms with Crippen molar-refractivity contribution in [3.63, 3.8) is 0 Å². The molecule has 0 saturated carbocycles. The second-order valence-electron chi connectivity index (χ2n) is 5.39. The lowest BCUT2D eigenvalue weighted by atomic mass is 9.88. The first kappa shape index (κ1) is 12.6. The van der Waals surface area contributed by atoms with Crippen LogP contribution in [0.4, 0.5) is 5.82 Å². The first-order valence-corrected chi connectivity index (χ1v) is 6.24. The van der Waals surface area contributed by atoms with Gasteiger partial charge in [0.05, 0.1) is 0 Å². The second kappa shape index (κ2) is 5.21. The van der Waals surface area contributed by atoms with Crippen molar-refractivity contribution in [1.82, 2.24) is 15.0 Å². The molecule has 0 aliphatic heterocycles. The van der Waals surface area contributed by atoms with Crippen molar-refractivity contribution in [2.75, 3.05) is 11.9 Å². The van der Waals surface area contributed by atoms with Crippen molar-refractivity contribution in [2.24, 2.45) is 0 Å². The van der Waals surface area contributed by atoms with Crippen molar-refractivity contribution in [1.29, 1.82) is 0 Å². The molecule has 18 heavy (non-hydrogen) atoms. The fraction of sp³-hybridized carbons (Fsp3) is 0.429. The molecule has 2 N–H and O–H groups in total. The maximum absolute atomic E-state index is 4.42. The van der Waals surface area contributed by atoms with Crippen molar-refractivity contribution in [3.8, 4) is 0 Å². The monoisotopic (exact) mass is 244 g/mol. The van der Waals surface area contributed by atoms with Gasteiger partial charge in [0.25, 0.3) is 0 Å². The van der Waals surface area contributed by atoms with Gasteiger partial charge in [-0.3, -0.25) is 0 Å². The molecule has 0 unspecified atom stereocenters. The lowest BCUT2D eigenvalue weighted by molar-refractivity contribution is 0.587. The summed E-state index contributed by atoms with van der Waals surface area (Å²) in [5, 5.41) is 3.29. The van der Waals surface area contributed by atoms with Crippen molar-refractivity contribution < 1.29 is 0 Å². The molecule has 2 heterocycles. The number of nitrogens with zero attached hydrogens (tertiary/aromatic N) is 2. The van der Waals surface area contributed by atoms with E-state index in [1.54, 1.807) is 6.20 Å². The van der Waals surface area contributed by atoms with E-state index in [9.17, 15) is 0 Å². The summed E-state index contributed by atoms with van der Waals surface area (Å²) in [5.41, 5.74) is 1.40. The normalized spacial score (nSPS) is 11.5. The van der Waals surface area contributed by atoms with E-state index in [1.165, 1.54) is 5.56 Å². The fourth-order valence-corrected chi connectivity index (χ4v) is 1.69. The first-order valence-electron chi connectivity index (χ1n) is 6.24. The molecular weight excluding hydrogens is 224 g/mol. The van der Waals surface area contributed by atoms with Crippen LogP contribution in [0.2, 0.25) is 0 Å². The summed E-state index contributed by atoms with van der Waals surface area (Å²) >= 11 is 0. The Morgan fingerprint density at radius 1 is 1.22 bits per heavy atom. The van der Waals surface area contributed by atoms with Crippen LogP contribution in [-0.2, 0) is 11.8 Å². The minimum Gasteiger partial charge on any atom is -0.370 e. The maximum atomic E-state index is 4.42. The van der Waals surface area contributed by atoms with Gasteiger partial charge >= 0.3 is 0 Å². The van der Waals surface area contributed by atoms with Crippen molar-refractivity contribution in [2.45, 2.75) is 32.6 Å². The summed E-state index contributed by atoms with van der Waals surface area (Å²) in [4.78, 5) is 11.7. The number of hydrogen-bond acceptors (Lipinski definition) is 3. The highest BCUT2D eigenvalue weighted by molar-refractivity contribution is 5.37. The lowest BCUT2D eigenvalue weighted by Gasteiger charge is -2.18. The van der Waals surface area contributed by atoms with E-state index in [0.29, 0.717) is 0 Å². The molecule has 4 nitrogen and oxygen atoms in total. The first-order chi connectivity index (χ1) is 8.55. The number of imidazole rings is 1. The second-order valence-corrected chi connectivity index (χ2v) is 5.39. The number of anilines is 1. The molecule has 2 rings (SSSR count). The number of rotatable bonds is 4. The molecule has 0 aliphatic carbocycles. The molecule has 96 valence electrons. The molecule has 4 heteroatoms. The number of H-pyrrole nitrogens is 1. The summed E-state index contributed by atoms with van der Waals surface area (Å²) in [7, 11) is 0. The zero-order valence-corrected chi connectivity index (χ0v) is 11.2. The Morgan fingerprint density at radius 2 is 2.06 bits per heavy atom. The molecule has 2 aromatic rings. The highest BCUT2D eigenvalue weighted by Crippen LogP contribution is 2.21. The van der Waals surface area contributed by atoms with E-state index in [4.69, 9.17) is 0 Å². The van der Waals surface area contributed by atoms with Crippen LogP contribution < -0.4 is 5.32 Å². The molecule has 0 atom stereocenters. The third-order valence-corrected chi connectivity index (χ3v) is 2.85. The predicted molar refractivity (Wildman–Crippen MR) is 73.7 cm³/mol. The highest BCUT2D eigenvalue weighted by Gasteiger charge is 2.13. The number of pyridine rings is 1. The van der Waals surface area contributed by atoms with Crippen LogP contribution in [0.3, 0.4) is 0 Å². The largest absolute Gasteiger partial charge is 0.370 e. The molecular formula is C14H20N4. The third kappa shape index (κ3) is 3.32. The van der Waals surface area contributed by atoms with Gasteiger partial charge in [0.2, 0.25) is 0 Å². The third-order valence-electron chi connectivity index (χ3n) is 2.85. The summed E-state index contributed by atoms with van der Waals surface area (Å²) in [6.45, 7) is 7.39. The van der Waals surface area contributed by atoms with Crippen LogP contribution in [0.5, 0.6) is 0 Å². The summed E-state index contributed by atoms with van der Waals surface area (Å²) in [6.07, 6.45) is 6.42. The number of nitrogens with one attached hydrogen (secondary N) is 2. The maximum Gasteiger partial charge on any atom is 0.125 e. The van der Waals surface area contributed by atoms with Gasteiger partial charge in [-0.05, 0) is 17.0 Å². The SMILES string of the molecule is CC(C)(C)c1ccc(NCCc2ncc[nH]2)nc1. The van der Waals surface area contributed by atoms with Gasteiger partial charge in [-0.25, -0.2) is 9.97 Å². The predicted octanol–water partition coefficient (Wildman–Crippen LogP) is 2.76. The van der Waals surface area contributed by atoms with Crippen LogP contribution in [0.15, 0.2) is 30.7 Å². The fourth-order valence-electron chi connectivity index (χ4n) is 1.69. The Kier molecular flexibility index (Phi) is 3.65. The standard InChI is InChI=1S/C14H20N4/c1-14(2,3)11-4-5-12(18-10-11)15-7-6-13-16-8-9-17-13/h4-5,8-10H,6-7H2,1-3H3,(H,15,18)(H,16,17). The molecule has 0 saturated heterocycles. The zero-order valence-electron chi connectivity index (χ0n) is 11.2. The van der Waals surface area contributed by atoms with Gasteiger partial charge in [-0.2, -0.15) is 0 Å². The van der Waals surface area contributed by atoms with Crippen LogP contribution in [0.1, 0.15) is 32.2 Å². The van der Waals surface area contributed by atoms with E-state index in [1.807, 2.05) is 18.5 Å². The Hall–Kier alpha value is -1.84. The van der Waals surface area contributed by atoms with Gasteiger partial charge in [-0.1, -0.05) is 26.8 Å². The Morgan fingerprint density at radius 3 is 2.61 bits per heavy atom. The summed E-state index contributed by atoms with van der Waals surface area (Å²) in [5.74, 6) is 1.91. The lowest BCUT2D eigenvalue weighted by Crippen LogP contribution is -2.12. The molecule has 0 amide bonds. The summed E-state index contributed by atoms with van der Waals surface area (Å²) in [6, 6.07) is 4.16. The number of hydrogen-bond donors (Lipinski definition) is 2. The Bertz CT molecular complexity index is 465. The van der Waals surface area contributed by atoms with Gasteiger partial charge in [0, 0.05) is 31.6 Å². The van der Waals surface area contributed by atoms with Gasteiger partial charge < -0.3 is 10.3 Å². The number of aromatic amines is 1. The number of aromatic nitrogens is 3.